The Labute approximate surface area is 103 Å². The largest absolute Gasteiger partial charge is 0.310 e. The van der Waals surface area contributed by atoms with E-state index in [1.54, 1.807) is 0 Å². The minimum atomic E-state index is 0.417. The van der Waals surface area contributed by atoms with E-state index in [9.17, 15) is 0 Å². The summed E-state index contributed by atoms with van der Waals surface area (Å²) in [5.41, 5.74) is 2.74. The molecule has 0 amide bonds. The van der Waals surface area contributed by atoms with E-state index >= 15 is 0 Å². The fraction of sp³-hybridized carbons (Fsp3) is 0.250. The second-order valence-corrected chi connectivity index (χ2v) is 4.32. The summed E-state index contributed by atoms with van der Waals surface area (Å²) in [6.45, 7) is 3.22. The van der Waals surface area contributed by atoms with Crippen LogP contribution in [-0.2, 0) is 6.42 Å². The van der Waals surface area contributed by atoms with Crippen molar-refractivity contribution < 1.29 is 0 Å². The SMILES string of the molecule is C[C@@H](NCCc1ccccc1)c1ccccc1. The normalized spacial score (nSPS) is 12.3. The van der Waals surface area contributed by atoms with Gasteiger partial charge in [-0.1, -0.05) is 60.7 Å². The number of hydrogen-bond donors (Lipinski definition) is 1. The van der Waals surface area contributed by atoms with Crippen LogP contribution >= 0.6 is 0 Å². The molecule has 0 spiro atoms. The maximum Gasteiger partial charge on any atom is 0.0291 e. The van der Waals surface area contributed by atoms with E-state index in [2.05, 4.69) is 72.9 Å². The van der Waals surface area contributed by atoms with E-state index in [4.69, 9.17) is 0 Å². The van der Waals surface area contributed by atoms with Gasteiger partial charge in [0.25, 0.3) is 0 Å². The summed E-state index contributed by atoms with van der Waals surface area (Å²) in [6, 6.07) is 21.6. The molecule has 0 bridgehead atoms. The summed E-state index contributed by atoms with van der Waals surface area (Å²) in [5, 5.41) is 3.55. The topological polar surface area (TPSA) is 12.0 Å². The van der Waals surface area contributed by atoms with Gasteiger partial charge in [0.2, 0.25) is 0 Å². The first kappa shape index (κ1) is 11.9. The van der Waals surface area contributed by atoms with Gasteiger partial charge in [-0.2, -0.15) is 0 Å². The Balaban J connectivity index is 1.79. The maximum absolute atomic E-state index is 3.55. The molecule has 1 N–H and O–H groups in total. The van der Waals surface area contributed by atoms with Crippen LogP contribution in [0.4, 0.5) is 0 Å². The van der Waals surface area contributed by atoms with Gasteiger partial charge in [0, 0.05) is 6.04 Å². The quantitative estimate of drug-likeness (QED) is 0.820. The fourth-order valence-corrected chi connectivity index (χ4v) is 1.94. The third-order valence-corrected chi connectivity index (χ3v) is 3.01. The third kappa shape index (κ3) is 3.72. The van der Waals surface area contributed by atoms with Crippen molar-refractivity contribution in [3.8, 4) is 0 Å². The molecular formula is C16H19N. The smallest absolute Gasteiger partial charge is 0.0291 e. The van der Waals surface area contributed by atoms with Crippen LogP contribution in [0.25, 0.3) is 0 Å². The Kier molecular flexibility index (Phi) is 4.34. The highest BCUT2D eigenvalue weighted by Crippen LogP contribution is 2.10. The van der Waals surface area contributed by atoms with Gasteiger partial charge in [-0.25, -0.2) is 0 Å². The molecule has 0 radical (unpaired) electrons. The van der Waals surface area contributed by atoms with Crippen LogP contribution < -0.4 is 5.32 Å². The summed E-state index contributed by atoms with van der Waals surface area (Å²) in [6.07, 6.45) is 1.08. The van der Waals surface area contributed by atoms with Gasteiger partial charge >= 0.3 is 0 Å². The Morgan fingerprint density at radius 3 is 2.12 bits per heavy atom. The Hall–Kier alpha value is -1.60. The summed E-state index contributed by atoms with van der Waals surface area (Å²) < 4.78 is 0. The zero-order chi connectivity index (χ0) is 11.9. The van der Waals surface area contributed by atoms with Gasteiger partial charge in [0.05, 0.1) is 0 Å². The zero-order valence-corrected chi connectivity index (χ0v) is 10.3. The molecule has 0 saturated heterocycles. The van der Waals surface area contributed by atoms with Crippen molar-refractivity contribution in [2.24, 2.45) is 0 Å². The van der Waals surface area contributed by atoms with Crippen LogP contribution in [0.2, 0.25) is 0 Å². The van der Waals surface area contributed by atoms with Gasteiger partial charge in [0.15, 0.2) is 0 Å². The average molecular weight is 225 g/mol. The fourth-order valence-electron chi connectivity index (χ4n) is 1.94. The monoisotopic (exact) mass is 225 g/mol. The van der Waals surface area contributed by atoms with Crippen molar-refractivity contribution in [1.29, 1.82) is 0 Å². The van der Waals surface area contributed by atoms with E-state index < -0.39 is 0 Å². The van der Waals surface area contributed by atoms with E-state index in [0.717, 1.165) is 13.0 Å². The van der Waals surface area contributed by atoms with Gasteiger partial charge in [0.1, 0.15) is 0 Å². The van der Waals surface area contributed by atoms with Gasteiger partial charge in [-0.15, -0.1) is 0 Å². The Bertz CT molecular complexity index is 422. The second-order valence-electron chi connectivity index (χ2n) is 4.32. The van der Waals surface area contributed by atoms with Crippen molar-refractivity contribution in [2.75, 3.05) is 6.54 Å². The lowest BCUT2D eigenvalue weighted by Gasteiger charge is -2.14. The van der Waals surface area contributed by atoms with Crippen molar-refractivity contribution in [3.63, 3.8) is 0 Å². The molecule has 0 heterocycles. The molecule has 1 atom stereocenters. The average Bonchev–Trinajstić information content (AvgIpc) is 2.41. The molecule has 0 fully saturated rings. The molecule has 2 rings (SSSR count). The number of nitrogens with one attached hydrogen (secondary N) is 1. The predicted molar refractivity (Wildman–Crippen MR) is 73.0 cm³/mol. The summed E-state index contributed by atoms with van der Waals surface area (Å²) >= 11 is 0. The van der Waals surface area contributed by atoms with Crippen LogP contribution in [0.3, 0.4) is 0 Å². The van der Waals surface area contributed by atoms with E-state index in [1.165, 1.54) is 11.1 Å². The predicted octanol–water partition coefficient (Wildman–Crippen LogP) is 3.58. The molecule has 0 unspecified atom stereocenters. The molecule has 17 heavy (non-hydrogen) atoms. The number of rotatable bonds is 5. The van der Waals surface area contributed by atoms with Crippen molar-refractivity contribution in [1.82, 2.24) is 5.32 Å². The molecule has 1 nitrogen and oxygen atoms in total. The molecule has 88 valence electrons. The van der Waals surface area contributed by atoms with Crippen molar-refractivity contribution >= 4 is 0 Å². The molecule has 2 aromatic carbocycles. The van der Waals surface area contributed by atoms with E-state index in [0.29, 0.717) is 6.04 Å². The number of benzene rings is 2. The molecule has 0 aliphatic carbocycles. The van der Waals surface area contributed by atoms with Crippen LogP contribution in [0.1, 0.15) is 24.1 Å². The molecule has 0 aromatic heterocycles. The molecule has 1 heteroatoms. The van der Waals surface area contributed by atoms with Crippen molar-refractivity contribution in [3.05, 3.63) is 71.8 Å². The third-order valence-electron chi connectivity index (χ3n) is 3.01. The molecule has 0 saturated carbocycles. The molecule has 2 aromatic rings. The standard InChI is InChI=1S/C16H19N/c1-14(16-10-6-3-7-11-16)17-13-12-15-8-4-2-5-9-15/h2-11,14,17H,12-13H2,1H3/t14-/m1/s1. The highest BCUT2D eigenvalue weighted by molar-refractivity contribution is 5.18. The summed E-state index contributed by atoms with van der Waals surface area (Å²) in [5.74, 6) is 0. The Morgan fingerprint density at radius 2 is 1.47 bits per heavy atom. The van der Waals surface area contributed by atoms with Gasteiger partial charge < -0.3 is 5.32 Å². The van der Waals surface area contributed by atoms with Crippen molar-refractivity contribution in [2.45, 2.75) is 19.4 Å². The van der Waals surface area contributed by atoms with Gasteiger partial charge in [-0.3, -0.25) is 0 Å². The first-order valence-electron chi connectivity index (χ1n) is 6.18. The van der Waals surface area contributed by atoms with Crippen LogP contribution in [-0.4, -0.2) is 6.54 Å². The Morgan fingerprint density at radius 1 is 0.882 bits per heavy atom. The molecule has 0 aliphatic rings. The van der Waals surface area contributed by atoms with Crippen LogP contribution in [0, 0.1) is 0 Å². The summed E-state index contributed by atoms with van der Waals surface area (Å²) in [4.78, 5) is 0. The van der Waals surface area contributed by atoms with Crippen LogP contribution in [0.5, 0.6) is 0 Å². The lowest BCUT2D eigenvalue weighted by molar-refractivity contribution is 0.577. The molecular weight excluding hydrogens is 206 g/mol. The summed E-state index contributed by atoms with van der Waals surface area (Å²) in [7, 11) is 0. The minimum Gasteiger partial charge on any atom is -0.310 e. The second kappa shape index (κ2) is 6.21. The highest BCUT2D eigenvalue weighted by Gasteiger charge is 2.02. The number of hydrogen-bond acceptors (Lipinski definition) is 1. The highest BCUT2D eigenvalue weighted by atomic mass is 14.9. The van der Waals surface area contributed by atoms with Gasteiger partial charge in [-0.05, 0) is 31.0 Å². The maximum atomic E-state index is 3.55. The first-order chi connectivity index (χ1) is 8.36. The zero-order valence-electron chi connectivity index (χ0n) is 10.3. The van der Waals surface area contributed by atoms with E-state index in [-0.39, 0.29) is 0 Å². The van der Waals surface area contributed by atoms with E-state index in [1.807, 2.05) is 0 Å². The minimum absolute atomic E-state index is 0.417. The molecule has 0 aliphatic heterocycles. The first-order valence-corrected chi connectivity index (χ1v) is 6.18. The van der Waals surface area contributed by atoms with Crippen LogP contribution in [0.15, 0.2) is 60.7 Å². The lowest BCUT2D eigenvalue weighted by Crippen LogP contribution is -2.21. The lowest BCUT2D eigenvalue weighted by atomic mass is 10.1.